The number of fused-ring (bicyclic) bond motifs is 1. The van der Waals surface area contributed by atoms with Gasteiger partial charge in [0, 0.05) is 27.2 Å². The van der Waals surface area contributed by atoms with Crippen LogP contribution in [0, 0.1) is 0 Å². The summed E-state index contributed by atoms with van der Waals surface area (Å²) in [6.45, 7) is 0. The first-order valence-electron chi connectivity index (χ1n) is 7.75. The van der Waals surface area contributed by atoms with Crippen LogP contribution in [0.4, 0.5) is 5.69 Å². The fourth-order valence-electron chi connectivity index (χ4n) is 2.46. The monoisotopic (exact) mass is 474 g/mol. The highest BCUT2D eigenvalue weighted by Crippen LogP contribution is 2.37. The Labute approximate surface area is 185 Å². The van der Waals surface area contributed by atoms with E-state index in [9.17, 15) is 4.79 Å². The molecule has 0 atom stereocenters. The van der Waals surface area contributed by atoms with E-state index in [1.54, 1.807) is 30.3 Å². The molecule has 5 nitrogen and oxygen atoms in total. The summed E-state index contributed by atoms with van der Waals surface area (Å²) in [5, 5.41) is 7.64. The van der Waals surface area contributed by atoms with E-state index in [4.69, 9.17) is 56.5 Å². The van der Waals surface area contributed by atoms with Gasteiger partial charge in [-0.2, -0.15) is 0 Å². The average Bonchev–Trinajstić information content (AvgIpc) is 2.98. The number of hydrogen-bond acceptors (Lipinski definition) is 5. The molecule has 0 fully saturated rings. The molecule has 146 valence electrons. The summed E-state index contributed by atoms with van der Waals surface area (Å²) < 4.78 is 11.3. The maximum Gasteiger partial charge on any atom is 0.269 e. The van der Waals surface area contributed by atoms with Crippen LogP contribution in [-0.2, 0) is 0 Å². The Hall–Kier alpha value is -1.77. The van der Waals surface area contributed by atoms with Crippen molar-refractivity contribution in [2.24, 2.45) is 0 Å². The molecule has 0 aliphatic carbocycles. The van der Waals surface area contributed by atoms with E-state index in [-0.39, 0.29) is 5.11 Å². The van der Waals surface area contributed by atoms with Crippen LogP contribution in [-0.4, -0.2) is 25.2 Å². The van der Waals surface area contributed by atoms with E-state index < -0.39 is 5.91 Å². The fraction of sp³-hybridized carbons (Fsp3) is 0.111. The van der Waals surface area contributed by atoms with Crippen LogP contribution in [0.3, 0.4) is 0 Å². The van der Waals surface area contributed by atoms with Gasteiger partial charge in [0.1, 0.15) is 16.4 Å². The molecule has 1 aromatic heterocycles. The summed E-state index contributed by atoms with van der Waals surface area (Å²) >= 11 is 24.9. The Morgan fingerprint density at radius 2 is 1.79 bits per heavy atom. The first kappa shape index (κ1) is 21.0. The maximum atomic E-state index is 12.6. The number of amides is 1. The summed E-state index contributed by atoms with van der Waals surface area (Å²) in [4.78, 5) is 13.0. The largest absolute Gasteiger partial charge is 0.495 e. The lowest BCUT2D eigenvalue weighted by atomic mass is 10.2. The zero-order valence-corrected chi connectivity index (χ0v) is 18.5. The quantitative estimate of drug-likeness (QED) is 0.453. The minimum atomic E-state index is -0.431. The summed E-state index contributed by atoms with van der Waals surface area (Å²) in [5.41, 5.74) is 0.489. The molecule has 0 saturated carbocycles. The van der Waals surface area contributed by atoms with Crippen LogP contribution in [0.2, 0.25) is 15.1 Å². The van der Waals surface area contributed by atoms with Crippen LogP contribution in [0.5, 0.6) is 11.5 Å². The number of thiophene rings is 1. The number of rotatable bonds is 4. The minimum absolute atomic E-state index is 0.0687. The van der Waals surface area contributed by atoms with Crippen molar-refractivity contribution in [3.8, 4) is 11.5 Å². The molecule has 28 heavy (non-hydrogen) atoms. The van der Waals surface area contributed by atoms with E-state index in [2.05, 4.69) is 10.6 Å². The molecule has 10 heteroatoms. The van der Waals surface area contributed by atoms with Crippen LogP contribution >= 0.6 is 58.4 Å². The minimum Gasteiger partial charge on any atom is -0.495 e. The Morgan fingerprint density at radius 1 is 1.07 bits per heavy atom. The second-order valence-electron chi connectivity index (χ2n) is 5.48. The lowest BCUT2D eigenvalue weighted by Gasteiger charge is -2.14. The predicted octanol–water partition coefficient (Wildman–Crippen LogP) is 6.01. The third-order valence-electron chi connectivity index (χ3n) is 3.75. The normalized spacial score (nSPS) is 10.6. The molecule has 0 radical (unpaired) electrons. The third kappa shape index (κ3) is 4.29. The van der Waals surface area contributed by atoms with Crippen LogP contribution in [0.15, 0.2) is 30.3 Å². The molecule has 1 heterocycles. The van der Waals surface area contributed by atoms with E-state index in [0.29, 0.717) is 37.1 Å². The van der Waals surface area contributed by atoms with Gasteiger partial charge in [0.2, 0.25) is 0 Å². The number of halogens is 3. The van der Waals surface area contributed by atoms with Crippen molar-refractivity contribution in [2.45, 2.75) is 0 Å². The number of benzene rings is 2. The molecule has 0 spiro atoms. The highest BCUT2D eigenvalue weighted by molar-refractivity contribution is 7.80. The highest BCUT2D eigenvalue weighted by atomic mass is 35.5. The molecule has 0 aliphatic rings. The predicted molar refractivity (Wildman–Crippen MR) is 120 cm³/mol. The molecule has 2 aromatic carbocycles. The van der Waals surface area contributed by atoms with Gasteiger partial charge in [-0.15, -0.1) is 11.3 Å². The SMILES string of the molecule is COc1cc(NC(=S)NC(=O)c2sc3cc(Cl)ccc3c2Cl)c(OC)cc1Cl. The molecular formula is C18H13Cl3N2O3S2. The standard InChI is InChI=1S/C18H13Cl3N2O3S2/c1-25-12-7-11(13(26-2)6-10(12)20)22-18(27)23-17(24)16-15(21)9-4-3-8(19)5-14(9)28-16/h3-7H,1-2H3,(H2,22,23,24,27). The van der Waals surface area contributed by atoms with E-state index >= 15 is 0 Å². The van der Waals surface area contributed by atoms with E-state index in [0.717, 1.165) is 10.1 Å². The van der Waals surface area contributed by atoms with Crippen molar-refractivity contribution in [1.82, 2.24) is 5.32 Å². The Bertz CT molecular complexity index is 1090. The molecule has 1 amide bonds. The topological polar surface area (TPSA) is 59.6 Å². The molecule has 3 rings (SSSR count). The van der Waals surface area contributed by atoms with Crippen LogP contribution < -0.4 is 20.1 Å². The summed E-state index contributed by atoms with van der Waals surface area (Å²) in [5.74, 6) is 0.445. The van der Waals surface area contributed by atoms with Gasteiger partial charge in [-0.1, -0.05) is 40.9 Å². The van der Waals surface area contributed by atoms with E-state index in [1.807, 2.05) is 0 Å². The Kier molecular flexibility index (Phi) is 6.52. The van der Waals surface area contributed by atoms with Gasteiger partial charge >= 0.3 is 0 Å². The number of hydrogen-bond donors (Lipinski definition) is 2. The van der Waals surface area contributed by atoms with Crippen LogP contribution in [0.25, 0.3) is 10.1 Å². The summed E-state index contributed by atoms with van der Waals surface area (Å²) in [6.07, 6.45) is 0. The lowest BCUT2D eigenvalue weighted by molar-refractivity contribution is 0.0982. The molecular weight excluding hydrogens is 463 g/mol. The molecule has 0 bridgehead atoms. The van der Waals surface area contributed by atoms with Gasteiger partial charge in [-0.25, -0.2) is 0 Å². The number of anilines is 1. The lowest BCUT2D eigenvalue weighted by Crippen LogP contribution is -2.33. The van der Waals surface area contributed by atoms with Gasteiger partial charge in [-0.05, 0) is 24.4 Å². The molecule has 0 saturated heterocycles. The second-order valence-corrected chi connectivity index (χ2v) is 8.16. The summed E-state index contributed by atoms with van der Waals surface area (Å²) in [6, 6.07) is 8.45. The Morgan fingerprint density at radius 3 is 2.46 bits per heavy atom. The highest BCUT2D eigenvalue weighted by Gasteiger charge is 2.19. The zero-order chi connectivity index (χ0) is 20.4. The smallest absolute Gasteiger partial charge is 0.269 e. The van der Waals surface area contributed by atoms with Gasteiger partial charge in [0.25, 0.3) is 5.91 Å². The second kappa shape index (κ2) is 8.71. The van der Waals surface area contributed by atoms with Crippen molar-refractivity contribution in [1.29, 1.82) is 0 Å². The fourth-order valence-corrected chi connectivity index (χ4v) is 4.58. The maximum absolute atomic E-state index is 12.6. The van der Waals surface area contributed by atoms with Crippen molar-refractivity contribution >= 4 is 85.2 Å². The van der Waals surface area contributed by atoms with Crippen molar-refractivity contribution in [2.75, 3.05) is 19.5 Å². The van der Waals surface area contributed by atoms with Gasteiger partial charge in [-0.3, -0.25) is 10.1 Å². The average molecular weight is 476 g/mol. The van der Waals surface area contributed by atoms with Gasteiger partial charge in [0.15, 0.2) is 5.11 Å². The van der Waals surface area contributed by atoms with Crippen molar-refractivity contribution < 1.29 is 14.3 Å². The van der Waals surface area contributed by atoms with Crippen molar-refractivity contribution in [3.05, 3.63) is 50.3 Å². The number of carbonyl (C=O) groups is 1. The number of methoxy groups -OCH3 is 2. The first-order chi connectivity index (χ1) is 13.3. The number of ether oxygens (including phenoxy) is 2. The molecule has 2 N–H and O–H groups in total. The third-order valence-corrected chi connectivity index (χ3v) is 6.14. The van der Waals surface area contributed by atoms with Gasteiger partial charge in [0.05, 0.1) is 30.0 Å². The van der Waals surface area contributed by atoms with Crippen LogP contribution in [0.1, 0.15) is 9.67 Å². The molecule has 3 aromatic rings. The number of carbonyl (C=O) groups excluding carboxylic acids is 1. The molecule has 0 aliphatic heterocycles. The van der Waals surface area contributed by atoms with Crippen molar-refractivity contribution in [3.63, 3.8) is 0 Å². The summed E-state index contributed by atoms with van der Waals surface area (Å²) in [7, 11) is 2.99. The molecule has 0 unspecified atom stereocenters. The van der Waals surface area contributed by atoms with Gasteiger partial charge < -0.3 is 14.8 Å². The first-order valence-corrected chi connectivity index (χ1v) is 10.1. The van der Waals surface area contributed by atoms with E-state index in [1.165, 1.54) is 25.6 Å². The number of thiocarbonyl (C=S) groups is 1. The zero-order valence-electron chi connectivity index (χ0n) is 14.6. The Balaban J connectivity index is 1.80. The number of nitrogens with one attached hydrogen (secondary N) is 2.